The van der Waals surface area contributed by atoms with Crippen LogP contribution in [0.4, 0.5) is 0 Å². The summed E-state index contributed by atoms with van der Waals surface area (Å²) in [7, 11) is 0. The third-order valence-electron chi connectivity index (χ3n) is 5.12. The first-order valence-electron chi connectivity index (χ1n) is 7.76. The molecule has 1 saturated heterocycles. The van der Waals surface area contributed by atoms with Crippen molar-refractivity contribution < 1.29 is 4.79 Å². The summed E-state index contributed by atoms with van der Waals surface area (Å²) in [5.74, 6) is 2.85. The Morgan fingerprint density at radius 1 is 1.06 bits per heavy atom. The maximum Gasteiger partial charge on any atom is 0.138 e. The Morgan fingerprint density at radius 2 is 1.61 bits per heavy atom. The Kier molecular flexibility index (Phi) is 4.47. The van der Waals surface area contributed by atoms with Gasteiger partial charge in [0.15, 0.2) is 0 Å². The molecule has 1 heterocycles. The molecule has 0 aromatic heterocycles. The first-order chi connectivity index (χ1) is 8.49. The van der Waals surface area contributed by atoms with Gasteiger partial charge in [-0.15, -0.1) is 0 Å². The summed E-state index contributed by atoms with van der Waals surface area (Å²) in [6.45, 7) is 11.3. The molecule has 0 aromatic rings. The second-order valence-corrected chi connectivity index (χ2v) is 7.00. The first-order valence-corrected chi connectivity index (χ1v) is 7.76. The van der Waals surface area contributed by atoms with Gasteiger partial charge in [-0.05, 0) is 50.6 Å². The summed E-state index contributed by atoms with van der Waals surface area (Å²) in [5.41, 5.74) is 0. The van der Waals surface area contributed by atoms with Gasteiger partial charge in [0.05, 0.1) is 0 Å². The SMILES string of the molecule is CC(C)C(=O)C1CC(N2CCC(C(C)C)CC2)C1. The monoisotopic (exact) mass is 251 g/mol. The minimum Gasteiger partial charge on any atom is -0.300 e. The van der Waals surface area contributed by atoms with E-state index in [2.05, 4.69) is 18.7 Å². The van der Waals surface area contributed by atoms with Gasteiger partial charge in [-0.1, -0.05) is 27.7 Å². The van der Waals surface area contributed by atoms with Crippen molar-refractivity contribution in [2.24, 2.45) is 23.7 Å². The summed E-state index contributed by atoms with van der Waals surface area (Å²) >= 11 is 0. The predicted octanol–water partition coefficient (Wildman–Crippen LogP) is 3.36. The van der Waals surface area contributed by atoms with Gasteiger partial charge in [0, 0.05) is 17.9 Å². The van der Waals surface area contributed by atoms with Gasteiger partial charge in [0.25, 0.3) is 0 Å². The van der Waals surface area contributed by atoms with Crippen molar-refractivity contribution in [2.45, 2.75) is 59.4 Å². The topological polar surface area (TPSA) is 20.3 Å². The summed E-state index contributed by atoms with van der Waals surface area (Å²) in [5, 5.41) is 0. The fraction of sp³-hybridized carbons (Fsp3) is 0.938. The molecule has 1 saturated carbocycles. The first kappa shape index (κ1) is 14.0. The van der Waals surface area contributed by atoms with Gasteiger partial charge in [-0.2, -0.15) is 0 Å². The number of Topliss-reactive ketones (excluding diaryl/α,β-unsaturated/α-hetero) is 1. The Labute approximate surface area is 112 Å². The number of carbonyl (C=O) groups excluding carboxylic acids is 1. The van der Waals surface area contributed by atoms with Gasteiger partial charge in [-0.25, -0.2) is 0 Å². The molecule has 0 atom stereocenters. The number of piperidine rings is 1. The Bertz CT molecular complexity index is 283. The zero-order chi connectivity index (χ0) is 13.3. The van der Waals surface area contributed by atoms with E-state index in [4.69, 9.17) is 0 Å². The Balaban J connectivity index is 1.72. The van der Waals surface area contributed by atoms with Crippen LogP contribution in [-0.4, -0.2) is 29.8 Å². The van der Waals surface area contributed by atoms with E-state index in [1.807, 2.05) is 13.8 Å². The molecule has 0 spiro atoms. The number of hydrogen-bond acceptors (Lipinski definition) is 2. The molecule has 2 aliphatic rings. The Morgan fingerprint density at radius 3 is 2.06 bits per heavy atom. The van der Waals surface area contributed by atoms with Crippen molar-refractivity contribution in [3.63, 3.8) is 0 Å². The van der Waals surface area contributed by atoms with Crippen LogP contribution in [0.3, 0.4) is 0 Å². The molecule has 104 valence electrons. The van der Waals surface area contributed by atoms with Crippen LogP contribution in [0.1, 0.15) is 53.4 Å². The van der Waals surface area contributed by atoms with Crippen molar-refractivity contribution >= 4 is 5.78 Å². The molecule has 0 unspecified atom stereocenters. The molecule has 2 nitrogen and oxygen atoms in total. The summed E-state index contributed by atoms with van der Waals surface area (Å²) in [6, 6.07) is 0.714. The molecule has 0 aromatic carbocycles. The van der Waals surface area contributed by atoms with E-state index in [0.29, 0.717) is 17.7 Å². The molecule has 2 fully saturated rings. The van der Waals surface area contributed by atoms with Crippen molar-refractivity contribution in [1.82, 2.24) is 4.90 Å². The zero-order valence-electron chi connectivity index (χ0n) is 12.5. The van der Waals surface area contributed by atoms with E-state index in [0.717, 1.165) is 24.7 Å². The van der Waals surface area contributed by atoms with Crippen LogP contribution >= 0.6 is 0 Å². The van der Waals surface area contributed by atoms with E-state index in [1.54, 1.807) is 0 Å². The minimum atomic E-state index is 0.225. The third-order valence-corrected chi connectivity index (χ3v) is 5.12. The standard InChI is InChI=1S/C16H29NO/c1-11(2)13-5-7-17(8-6-13)15-9-14(10-15)16(18)12(3)4/h11-15H,5-10H2,1-4H3. The van der Waals surface area contributed by atoms with Crippen molar-refractivity contribution in [3.05, 3.63) is 0 Å². The van der Waals surface area contributed by atoms with Crippen LogP contribution in [0.15, 0.2) is 0 Å². The van der Waals surface area contributed by atoms with Crippen molar-refractivity contribution in [1.29, 1.82) is 0 Å². The molecule has 18 heavy (non-hydrogen) atoms. The molecule has 0 amide bonds. The van der Waals surface area contributed by atoms with Gasteiger partial charge < -0.3 is 4.90 Å². The molecule has 0 radical (unpaired) electrons. The average Bonchev–Trinajstić information content (AvgIpc) is 2.27. The van der Waals surface area contributed by atoms with E-state index < -0.39 is 0 Å². The van der Waals surface area contributed by atoms with E-state index in [-0.39, 0.29) is 5.92 Å². The lowest BCUT2D eigenvalue weighted by Gasteiger charge is -2.46. The van der Waals surface area contributed by atoms with Crippen molar-refractivity contribution in [2.75, 3.05) is 13.1 Å². The fourth-order valence-corrected chi connectivity index (χ4v) is 3.54. The van der Waals surface area contributed by atoms with Crippen LogP contribution in [-0.2, 0) is 4.79 Å². The maximum absolute atomic E-state index is 11.9. The normalized spacial score (nSPS) is 30.8. The molecule has 2 heteroatoms. The Hall–Kier alpha value is -0.370. The summed E-state index contributed by atoms with van der Waals surface area (Å²) in [4.78, 5) is 14.5. The van der Waals surface area contributed by atoms with E-state index >= 15 is 0 Å². The van der Waals surface area contributed by atoms with E-state index in [1.165, 1.54) is 25.9 Å². The van der Waals surface area contributed by atoms with Gasteiger partial charge in [0.2, 0.25) is 0 Å². The smallest absolute Gasteiger partial charge is 0.138 e. The number of nitrogens with zero attached hydrogens (tertiary/aromatic N) is 1. The quantitative estimate of drug-likeness (QED) is 0.763. The number of ketones is 1. The molecule has 1 aliphatic heterocycles. The summed E-state index contributed by atoms with van der Waals surface area (Å²) < 4.78 is 0. The second kappa shape index (κ2) is 5.73. The highest BCUT2D eigenvalue weighted by atomic mass is 16.1. The average molecular weight is 251 g/mol. The number of carbonyl (C=O) groups is 1. The minimum absolute atomic E-state index is 0.225. The molecule has 0 N–H and O–H groups in total. The predicted molar refractivity (Wildman–Crippen MR) is 75.5 cm³/mol. The van der Waals surface area contributed by atoms with Crippen LogP contribution < -0.4 is 0 Å². The van der Waals surface area contributed by atoms with Gasteiger partial charge in [0.1, 0.15) is 5.78 Å². The number of hydrogen-bond donors (Lipinski definition) is 0. The van der Waals surface area contributed by atoms with Crippen LogP contribution in [0, 0.1) is 23.7 Å². The molecule has 2 rings (SSSR count). The van der Waals surface area contributed by atoms with E-state index in [9.17, 15) is 4.79 Å². The third kappa shape index (κ3) is 2.96. The molecule has 0 bridgehead atoms. The summed E-state index contributed by atoms with van der Waals surface area (Å²) in [6.07, 6.45) is 4.97. The lowest BCUT2D eigenvalue weighted by atomic mass is 9.73. The molecular weight excluding hydrogens is 222 g/mol. The lowest BCUT2D eigenvalue weighted by Crippen LogP contribution is -2.50. The van der Waals surface area contributed by atoms with Crippen LogP contribution in [0.2, 0.25) is 0 Å². The number of rotatable bonds is 4. The zero-order valence-corrected chi connectivity index (χ0v) is 12.5. The maximum atomic E-state index is 11.9. The highest BCUT2D eigenvalue weighted by Gasteiger charge is 2.39. The van der Waals surface area contributed by atoms with Crippen LogP contribution in [0.25, 0.3) is 0 Å². The number of likely N-dealkylation sites (tertiary alicyclic amines) is 1. The van der Waals surface area contributed by atoms with Crippen molar-refractivity contribution in [3.8, 4) is 0 Å². The molecule has 1 aliphatic carbocycles. The second-order valence-electron chi connectivity index (χ2n) is 7.00. The fourth-order valence-electron chi connectivity index (χ4n) is 3.54. The van der Waals surface area contributed by atoms with Gasteiger partial charge >= 0.3 is 0 Å². The molecular formula is C16H29NO. The lowest BCUT2D eigenvalue weighted by molar-refractivity contribution is -0.131. The highest BCUT2D eigenvalue weighted by molar-refractivity contribution is 5.83. The van der Waals surface area contributed by atoms with Gasteiger partial charge in [-0.3, -0.25) is 4.79 Å². The highest BCUT2D eigenvalue weighted by Crippen LogP contribution is 2.36. The largest absolute Gasteiger partial charge is 0.300 e. The van der Waals surface area contributed by atoms with Crippen LogP contribution in [0.5, 0.6) is 0 Å².